The molecule has 0 aliphatic rings. The Labute approximate surface area is 118 Å². The number of carbonyl (C=O) groups is 1. The first-order valence-corrected chi connectivity index (χ1v) is 6.88. The van der Waals surface area contributed by atoms with E-state index in [0.29, 0.717) is 18.5 Å². The fraction of sp³-hybridized carbons (Fsp3) is 0.417. The number of hydrogen-bond donors (Lipinski definition) is 1. The van der Waals surface area contributed by atoms with Crippen LogP contribution in [0.1, 0.15) is 23.7 Å². The van der Waals surface area contributed by atoms with E-state index in [1.54, 1.807) is 31.0 Å². The SMILES string of the molecule is CC(O)CCN(C)C(=O)c1cc(Br)cc(Br)c1. The minimum Gasteiger partial charge on any atom is -0.393 e. The minimum absolute atomic E-state index is 0.0485. The number of benzene rings is 1. The second kappa shape index (κ2) is 6.52. The highest BCUT2D eigenvalue weighted by molar-refractivity contribution is 9.11. The van der Waals surface area contributed by atoms with Gasteiger partial charge in [-0.15, -0.1) is 0 Å². The van der Waals surface area contributed by atoms with Crippen molar-refractivity contribution >= 4 is 37.8 Å². The number of aliphatic hydroxyl groups excluding tert-OH is 1. The van der Waals surface area contributed by atoms with Crippen molar-refractivity contribution in [3.63, 3.8) is 0 Å². The van der Waals surface area contributed by atoms with Gasteiger partial charge in [-0.05, 0) is 31.5 Å². The average Bonchev–Trinajstić information content (AvgIpc) is 2.23. The van der Waals surface area contributed by atoms with Gasteiger partial charge in [-0.2, -0.15) is 0 Å². The summed E-state index contributed by atoms with van der Waals surface area (Å²) in [4.78, 5) is 13.7. The van der Waals surface area contributed by atoms with Crippen LogP contribution in [0.2, 0.25) is 0 Å². The number of amides is 1. The Bertz CT molecular complexity index is 387. The van der Waals surface area contributed by atoms with Gasteiger partial charge in [0, 0.05) is 28.1 Å². The van der Waals surface area contributed by atoms with Crippen LogP contribution in [0.25, 0.3) is 0 Å². The van der Waals surface area contributed by atoms with Crippen molar-refractivity contribution in [3.8, 4) is 0 Å². The van der Waals surface area contributed by atoms with Crippen LogP contribution in [0.3, 0.4) is 0 Å². The molecule has 0 radical (unpaired) electrons. The molecule has 17 heavy (non-hydrogen) atoms. The Morgan fingerprint density at radius 1 is 1.35 bits per heavy atom. The first-order valence-electron chi connectivity index (χ1n) is 5.29. The molecule has 1 aromatic rings. The molecule has 1 unspecified atom stereocenters. The molecule has 0 aromatic heterocycles. The smallest absolute Gasteiger partial charge is 0.253 e. The molecule has 0 saturated carbocycles. The molecule has 0 aliphatic carbocycles. The highest BCUT2D eigenvalue weighted by Gasteiger charge is 2.13. The first kappa shape index (κ1) is 14.7. The average molecular weight is 365 g/mol. The Kier molecular flexibility index (Phi) is 5.62. The highest BCUT2D eigenvalue weighted by atomic mass is 79.9. The van der Waals surface area contributed by atoms with Crippen LogP contribution in [0.15, 0.2) is 27.1 Å². The molecule has 0 saturated heterocycles. The first-order chi connectivity index (χ1) is 7.90. The summed E-state index contributed by atoms with van der Waals surface area (Å²) in [5, 5.41) is 9.19. The van der Waals surface area contributed by atoms with E-state index in [2.05, 4.69) is 31.9 Å². The van der Waals surface area contributed by atoms with Crippen LogP contribution in [0, 0.1) is 0 Å². The lowest BCUT2D eigenvalue weighted by Crippen LogP contribution is -2.29. The van der Waals surface area contributed by atoms with E-state index < -0.39 is 0 Å². The van der Waals surface area contributed by atoms with Crippen LogP contribution in [0.4, 0.5) is 0 Å². The summed E-state index contributed by atoms with van der Waals surface area (Å²) in [6.45, 7) is 2.26. The van der Waals surface area contributed by atoms with Crippen LogP contribution in [0.5, 0.6) is 0 Å². The molecule has 0 aliphatic heterocycles. The molecule has 1 aromatic carbocycles. The van der Waals surface area contributed by atoms with E-state index in [-0.39, 0.29) is 12.0 Å². The van der Waals surface area contributed by atoms with Crippen molar-refractivity contribution in [2.75, 3.05) is 13.6 Å². The van der Waals surface area contributed by atoms with Crippen molar-refractivity contribution < 1.29 is 9.90 Å². The summed E-state index contributed by atoms with van der Waals surface area (Å²) in [5.74, 6) is -0.0485. The molecule has 5 heteroatoms. The lowest BCUT2D eigenvalue weighted by atomic mass is 10.2. The topological polar surface area (TPSA) is 40.5 Å². The fourth-order valence-electron chi connectivity index (χ4n) is 1.38. The summed E-state index contributed by atoms with van der Waals surface area (Å²) in [5.41, 5.74) is 0.624. The molecule has 1 N–H and O–H groups in total. The number of nitrogens with zero attached hydrogens (tertiary/aromatic N) is 1. The quantitative estimate of drug-likeness (QED) is 0.891. The van der Waals surface area contributed by atoms with Gasteiger partial charge in [0.05, 0.1) is 6.10 Å². The van der Waals surface area contributed by atoms with Crippen LogP contribution in [-0.2, 0) is 0 Å². The Balaban J connectivity index is 2.74. The summed E-state index contributed by atoms with van der Waals surface area (Å²) < 4.78 is 1.72. The molecule has 0 fully saturated rings. The molecular formula is C12H15Br2NO2. The third-order valence-corrected chi connectivity index (χ3v) is 3.25. The maximum Gasteiger partial charge on any atom is 0.253 e. The zero-order chi connectivity index (χ0) is 13.0. The van der Waals surface area contributed by atoms with Gasteiger partial charge in [0.15, 0.2) is 0 Å². The molecule has 1 amide bonds. The lowest BCUT2D eigenvalue weighted by Gasteiger charge is -2.18. The third-order valence-electron chi connectivity index (χ3n) is 2.34. The second-order valence-electron chi connectivity index (χ2n) is 4.02. The van der Waals surface area contributed by atoms with Gasteiger partial charge in [-0.1, -0.05) is 31.9 Å². The standard InChI is InChI=1S/C12H15Br2NO2/c1-8(16)3-4-15(2)12(17)9-5-10(13)7-11(14)6-9/h5-8,16H,3-4H2,1-2H3. The van der Waals surface area contributed by atoms with E-state index >= 15 is 0 Å². The van der Waals surface area contributed by atoms with Crippen molar-refractivity contribution in [2.24, 2.45) is 0 Å². The molecule has 3 nitrogen and oxygen atoms in total. The Morgan fingerprint density at radius 3 is 2.35 bits per heavy atom. The van der Waals surface area contributed by atoms with Gasteiger partial charge >= 0.3 is 0 Å². The third kappa shape index (κ3) is 4.77. The van der Waals surface area contributed by atoms with Crippen LogP contribution < -0.4 is 0 Å². The highest BCUT2D eigenvalue weighted by Crippen LogP contribution is 2.21. The number of halogens is 2. The van der Waals surface area contributed by atoms with E-state index in [4.69, 9.17) is 0 Å². The van der Waals surface area contributed by atoms with E-state index in [0.717, 1.165) is 8.95 Å². The van der Waals surface area contributed by atoms with Crippen molar-refractivity contribution in [1.82, 2.24) is 4.90 Å². The number of carbonyl (C=O) groups excluding carboxylic acids is 1. The second-order valence-corrected chi connectivity index (χ2v) is 5.85. The summed E-state index contributed by atoms with van der Waals surface area (Å²) >= 11 is 6.70. The molecule has 0 bridgehead atoms. The van der Waals surface area contributed by atoms with Crippen LogP contribution in [-0.4, -0.2) is 35.6 Å². The van der Waals surface area contributed by atoms with Crippen LogP contribution >= 0.6 is 31.9 Å². The Hall–Kier alpha value is -0.390. The van der Waals surface area contributed by atoms with Gasteiger partial charge in [0.25, 0.3) is 5.91 Å². The van der Waals surface area contributed by atoms with Crippen molar-refractivity contribution in [1.29, 1.82) is 0 Å². The minimum atomic E-state index is -0.389. The van der Waals surface area contributed by atoms with Gasteiger partial charge in [0.1, 0.15) is 0 Å². The van der Waals surface area contributed by atoms with Gasteiger partial charge in [-0.25, -0.2) is 0 Å². The molecule has 1 atom stereocenters. The summed E-state index contributed by atoms with van der Waals surface area (Å²) in [6.07, 6.45) is 0.191. The zero-order valence-corrected chi connectivity index (χ0v) is 13.0. The van der Waals surface area contributed by atoms with Gasteiger partial charge in [-0.3, -0.25) is 4.79 Å². The Morgan fingerprint density at radius 2 is 1.88 bits per heavy atom. The maximum atomic E-state index is 12.1. The number of rotatable bonds is 4. The lowest BCUT2D eigenvalue weighted by molar-refractivity contribution is 0.0769. The number of hydrogen-bond acceptors (Lipinski definition) is 2. The normalized spacial score (nSPS) is 12.3. The van der Waals surface area contributed by atoms with Crippen molar-refractivity contribution in [2.45, 2.75) is 19.4 Å². The van der Waals surface area contributed by atoms with E-state index in [9.17, 15) is 9.90 Å². The van der Waals surface area contributed by atoms with Crippen molar-refractivity contribution in [3.05, 3.63) is 32.7 Å². The molecule has 1 rings (SSSR count). The molecule has 0 spiro atoms. The summed E-state index contributed by atoms with van der Waals surface area (Å²) in [6, 6.07) is 5.45. The van der Waals surface area contributed by atoms with E-state index in [1.807, 2.05) is 6.07 Å². The number of aliphatic hydroxyl groups is 1. The molecular weight excluding hydrogens is 350 g/mol. The predicted octanol–water partition coefficient (Wildman–Crippen LogP) is 3.05. The molecule has 0 heterocycles. The largest absolute Gasteiger partial charge is 0.393 e. The van der Waals surface area contributed by atoms with E-state index in [1.165, 1.54) is 0 Å². The monoisotopic (exact) mass is 363 g/mol. The summed E-state index contributed by atoms with van der Waals surface area (Å²) in [7, 11) is 1.74. The fourth-order valence-corrected chi connectivity index (χ4v) is 2.67. The molecule has 94 valence electrons. The maximum absolute atomic E-state index is 12.1. The van der Waals surface area contributed by atoms with Gasteiger partial charge in [0.2, 0.25) is 0 Å². The zero-order valence-electron chi connectivity index (χ0n) is 9.78. The predicted molar refractivity (Wildman–Crippen MR) is 75.1 cm³/mol. The van der Waals surface area contributed by atoms with Gasteiger partial charge < -0.3 is 10.0 Å².